The van der Waals surface area contributed by atoms with Crippen LogP contribution in [0.5, 0.6) is 0 Å². The van der Waals surface area contributed by atoms with Crippen molar-refractivity contribution in [3.8, 4) is 0 Å². The number of ether oxygens (including phenoxy) is 1. The Morgan fingerprint density at radius 1 is 1.24 bits per heavy atom. The summed E-state index contributed by atoms with van der Waals surface area (Å²) in [6.45, 7) is 16.0. The first-order valence-electron chi connectivity index (χ1n) is 6.60. The van der Waals surface area contributed by atoms with Crippen molar-refractivity contribution in [1.82, 2.24) is 0 Å². The van der Waals surface area contributed by atoms with Gasteiger partial charge in [0, 0.05) is 5.41 Å². The zero-order valence-corrected chi connectivity index (χ0v) is 11.9. The predicted molar refractivity (Wildman–Crippen MR) is 74.7 cm³/mol. The van der Waals surface area contributed by atoms with Gasteiger partial charge in [0.15, 0.2) is 0 Å². The number of allylic oxidation sites excluding steroid dienone is 5. The smallest absolute Gasteiger partial charge is 0.0966 e. The van der Waals surface area contributed by atoms with Gasteiger partial charge in [-0.1, -0.05) is 52.5 Å². The maximum absolute atomic E-state index is 5.74. The van der Waals surface area contributed by atoms with Gasteiger partial charge in [0.25, 0.3) is 0 Å². The molecule has 0 aromatic rings. The van der Waals surface area contributed by atoms with E-state index in [0.29, 0.717) is 11.8 Å². The Labute approximate surface area is 106 Å². The molecular formula is C16H26O. The molecular weight excluding hydrogens is 208 g/mol. The standard InChI is InChI=1S/C16H26O/c1-7-8-9-15-14(6)17-11-10-16(15,12(2)3)13(4)5/h7-9,12-13H,1,10-11H2,2-6H3/b9-8-. The van der Waals surface area contributed by atoms with Gasteiger partial charge < -0.3 is 4.74 Å². The Morgan fingerprint density at radius 2 is 1.82 bits per heavy atom. The van der Waals surface area contributed by atoms with Crippen molar-refractivity contribution < 1.29 is 4.74 Å². The highest BCUT2D eigenvalue weighted by atomic mass is 16.5. The van der Waals surface area contributed by atoms with Crippen LogP contribution in [0.1, 0.15) is 41.0 Å². The summed E-state index contributed by atoms with van der Waals surface area (Å²) in [6, 6.07) is 0. The molecule has 1 nitrogen and oxygen atoms in total. The van der Waals surface area contributed by atoms with Crippen molar-refractivity contribution in [2.24, 2.45) is 17.3 Å². The third-order valence-electron chi connectivity index (χ3n) is 4.17. The number of hydrogen-bond donors (Lipinski definition) is 0. The van der Waals surface area contributed by atoms with Crippen LogP contribution in [0.25, 0.3) is 0 Å². The van der Waals surface area contributed by atoms with Gasteiger partial charge in [0.2, 0.25) is 0 Å². The third-order valence-corrected chi connectivity index (χ3v) is 4.17. The van der Waals surface area contributed by atoms with E-state index in [1.54, 1.807) is 0 Å². The molecule has 1 aliphatic rings. The van der Waals surface area contributed by atoms with E-state index >= 15 is 0 Å². The first-order chi connectivity index (χ1) is 7.96. The zero-order valence-electron chi connectivity index (χ0n) is 11.9. The summed E-state index contributed by atoms with van der Waals surface area (Å²) in [5.74, 6) is 2.31. The fourth-order valence-electron chi connectivity index (χ4n) is 3.22. The van der Waals surface area contributed by atoms with Gasteiger partial charge in [-0.05, 0) is 30.8 Å². The molecule has 0 N–H and O–H groups in total. The minimum atomic E-state index is 0.238. The normalized spacial score (nSPS) is 20.2. The average Bonchev–Trinajstić information content (AvgIpc) is 2.26. The van der Waals surface area contributed by atoms with E-state index < -0.39 is 0 Å². The largest absolute Gasteiger partial charge is 0.498 e. The lowest BCUT2D eigenvalue weighted by Crippen LogP contribution is -2.39. The van der Waals surface area contributed by atoms with Crippen LogP contribution in [0.2, 0.25) is 0 Å². The highest BCUT2D eigenvalue weighted by Crippen LogP contribution is 2.49. The van der Waals surface area contributed by atoms with Gasteiger partial charge in [-0.15, -0.1) is 0 Å². The lowest BCUT2D eigenvalue weighted by atomic mass is 9.61. The lowest BCUT2D eigenvalue weighted by Gasteiger charge is -2.46. The molecule has 0 aromatic heterocycles. The van der Waals surface area contributed by atoms with Crippen molar-refractivity contribution >= 4 is 0 Å². The number of rotatable bonds is 4. The molecule has 0 spiro atoms. The van der Waals surface area contributed by atoms with Gasteiger partial charge in [-0.25, -0.2) is 0 Å². The second kappa shape index (κ2) is 5.57. The molecule has 17 heavy (non-hydrogen) atoms. The maximum Gasteiger partial charge on any atom is 0.0966 e. The Morgan fingerprint density at radius 3 is 2.29 bits per heavy atom. The second-order valence-electron chi connectivity index (χ2n) is 5.51. The fourth-order valence-corrected chi connectivity index (χ4v) is 3.22. The quantitative estimate of drug-likeness (QED) is 0.639. The molecule has 1 heterocycles. The summed E-state index contributed by atoms with van der Waals surface area (Å²) in [5.41, 5.74) is 1.59. The molecule has 0 radical (unpaired) electrons. The van der Waals surface area contributed by atoms with E-state index in [4.69, 9.17) is 4.74 Å². The molecule has 0 unspecified atom stereocenters. The predicted octanol–water partition coefficient (Wildman–Crippen LogP) is 4.72. The highest BCUT2D eigenvalue weighted by Gasteiger charge is 2.42. The van der Waals surface area contributed by atoms with E-state index in [1.165, 1.54) is 5.57 Å². The Bertz CT molecular complexity index is 323. The molecule has 0 amide bonds. The van der Waals surface area contributed by atoms with Crippen molar-refractivity contribution in [2.75, 3.05) is 6.61 Å². The zero-order chi connectivity index (χ0) is 13.1. The van der Waals surface area contributed by atoms with Crippen LogP contribution in [-0.2, 0) is 4.74 Å². The summed E-state index contributed by atoms with van der Waals surface area (Å²) in [7, 11) is 0. The lowest BCUT2D eigenvalue weighted by molar-refractivity contribution is 0.0599. The van der Waals surface area contributed by atoms with Crippen molar-refractivity contribution in [1.29, 1.82) is 0 Å². The van der Waals surface area contributed by atoms with Crippen LogP contribution in [0.4, 0.5) is 0 Å². The van der Waals surface area contributed by atoms with Crippen LogP contribution in [0.3, 0.4) is 0 Å². The molecule has 0 aliphatic carbocycles. The van der Waals surface area contributed by atoms with E-state index in [2.05, 4.69) is 47.3 Å². The summed E-state index contributed by atoms with van der Waals surface area (Å²) in [4.78, 5) is 0. The minimum Gasteiger partial charge on any atom is -0.498 e. The van der Waals surface area contributed by atoms with Crippen LogP contribution < -0.4 is 0 Å². The van der Waals surface area contributed by atoms with Gasteiger partial charge in [-0.3, -0.25) is 0 Å². The summed E-state index contributed by atoms with van der Waals surface area (Å²) in [5, 5.41) is 0. The first-order valence-corrected chi connectivity index (χ1v) is 6.60. The van der Waals surface area contributed by atoms with E-state index in [1.807, 2.05) is 12.2 Å². The monoisotopic (exact) mass is 234 g/mol. The molecule has 0 fully saturated rings. The van der Waals surface area contributed by atoms with Gasteiger partial charge >= 0.3 is 0 Å². The van der Waals surface area contributed by atoms with Crippen LogP contribution in [0, 0.1) is 17.3 Å². The van der Waals surface area contributed by atoms with Crippen molar-refractivity contribution in [3.63, 3.8) is 0 Å². The molecule has 0 saturated carbocycles. The molecule has 0 bridgehead atoms. The Kier molecular flexibility index (Phi) is 4.62. The van der Waals surface area contributed by atoms with Gasteiger partial charge in [0.05, 0.1) is 12.4 Å². The average molecular weight is 234 g/mol. The fraction of sp³-hybridized carbons (Fsp3) is 0.625. The molecule has 0 saturated heterocycles. The Balaban J connectivity index is 3.30. The Hall–Kier alpha value is -0.980. The minimum absolute atomic E-state index is 0.238. The van der Waals surface area contributed by atoms with E-state index in [9.17, 15) is 0 Å². The van der Waals surface area contributed by atoms with Crippen LogP contribution in [0.15, 0.2) is 36.1 Å². The van der Waals surface area contributed by atoms with Crippen LogP contribution >= 0.6 is 0 Å². The molecule has 1 heteroatoms. The molecule has 96 valence electrons. The SMILES string of the molecule is C=C/C=C\C1=C(C)OCCC1(C(C)C)C(C)C. The molecule has 1 rings (SSSR count). The number of hydrogen-bond acceptors (Lipinski definition) is 1. The summed E-state index contributed by atoms with van der Waals surface area (Å²) >= 11 is 0. The first kappa shape index (κ1) is 14.1. The van der Waals surface area contributed by atoms with Crippen molar-refractivity contribution in [3.05, 3.63) is 36.1 Å². The summed E-state index contributed by atoms with van der Waals surface area (Å²) in [6.07, 6.45) is 7.14. The van der Waals surface area contributed by atoms with Crippen molar-refractivity contribution in [2.45, 2.75) is 41.0 Å². The van der Waals surface area contributed by atoms with Crippen LogP contribution in [-0.4, -0.2) is 6.61 Å². The van der Waals surface area contributed by atoms with Gasteiger partial charge in [0.1, 0.15) is 0 Å². The molecule has 1 aliphatic heterocycles. The maximum atomic E-state index is 5.74. The molecule has 0 aromatic carbocycles. The van der Waals surface area contributed by atoms with Gasteiger partial charge in [-0.2, -0.15) is 0 Å². The highest BCUT2D eigenvalue weighted by molar-refractivity contribution is 5.33. The van der Waals surface area contributed by atoms with E-state index in [0.717, 1.165) is 18.8 Å². The van der Waals surface area contributed by atoms with E-state index in [-0.39, 0.29) is 5.41 Å². The summed E-state index contributed by atoms with van der Waals surface area (Å²) < 4.78 is 5.74. The second-order valence-corrected chi connectivity index (χ2v) is 5.51. The molecule has 0 atom stereocenters. The topological polar surface area (TPSA) is 9.23 Å². The third kappa shape index (κ3) is 2.48.